The summed E-state index contributed by atoms with van der Waals surface area (Å²) in [6.07, 6.45) is 1.87. The Morgan fingerprint density at radius 1 is 1.47 bits per heavy atom. The molecule has 0 aromatic carbocycles. The van der Waals surface area contributed by atoms with Crippen LogP contribution in [0.5, 0.6) is 0 Å². The van der Waals surface area contributed by atoms with E-state index in [1.807, 2.05) is 0 Å². The Hall–Kier alpha value is -0.130. The summed E-state index contributed by atoms with van der Waals surface area (Å²) in [4.78, 5) is 2.44. The Morgan fingerprint density at radius 2 is 2.18 bits per heavy atom. The summed E-state index contributed by atoms with van der Waals surface area (Å²) in [5.74, 6) is 0.696. The van der Waals surface area contributed by atoms with E-state index in [-0.39, 0.29) is 5.54 Å². The van der Waals surface area contributed by atoms with Crippen molar-refractivity contribution < 1.29 is 8.42 Å². The third-order valence-corrected chi connectivity index (χ3v) is 6.15. The Balaban J connectivity index is 2.19. The first kappa shape index (κ1) is 13.3. The average molecular weight is 260 g/mol. The molecule has 0 saturated carbocycles. The molecule has 100 valence electrons. The molecule has 17 heavy (non-hydrogen) atoms. The molecule has 0 aromatic heterocycles. The molecule has 0 bridgehead atoms. The topological polar surface area (TPSA) is 49.4 Å². The normalized spacial score (nSPS) is 42.8. The van der Waals surface area contributed by atoms with Crippen molar-refractivity contribution in [2.24, 2.45) is 0 Å². The van der Waals surface area contributed by atoms with Crippen molar-refractivity contribution in [1.29, 1.82) is 0 Å². The van der Waals surface area contributed by atoms with Crippen molar-refractivity contribution in [3.63, 3.8) is 0 Å². The predicted molar refractivity (Wildman–Crippen MR) is 69.9 cm³/mol. The zero-order valence-corrected chi connectivity index (χ0v) is 11.9. The smallest absolute Gasteiger partial charge is 0.152 e. The van der Waals surface area contributed by atoms with Crippen LogP contribution in [0.2, 0.25) is 0 Å². The highest BCUT2D eigenvalue weighted by molar-refractivity contribution is 7.91. The summed E-state index contributed by atoms with van der Waals surface area (Å²) >= 11 is 0. The van der Waals surface area contributed by atoms with Crippen molar-refractivity contribution in [1.82, 2.24) is 10.2 Å². The molecule has 2 aliphatic heterocycles. The van der Waals surface area contributed by atoms with Gasteiger partial charge in [0.2, 0.25) is 0 Å². The van der Waals surface area contributed by atoms with E-state index in [0.717, 1.165) is 25.9 Å². The molecule has 2 heterocycles. The first-order valence-corrected chi connectivity index (χ1v) is 8.39. The molecule has 4 nitrogen and oxygen atoms in total. The van der Waals surface area contributed by atoms with Crippen LogP contribution in [0, 0.1) is 0 Å². The number of hydrogen-bond acceptors (Lipinski definition) is 4. The highest BCUT2D eigenvalue weighted by atomic mass is 32.2. The minimum atomic E-state index is -2.81. The molecule has 0 aliphatic carbocycles. The fraction of sp³-hybridized carbons (Fsp3) is 1.00. The summed E-state index contributed by atoms with van der Waals surface area (Å²) in [6.45, 7) is 8.42. The molecule has 2 aliphatic rings. The van der Waals surface area contributed by atoms with E-state index < -0.39 is 9.84 Å². The number of rotatable bonds is 2. The first-order valence-electron chi connectivity index (χ1n) is 6.57. The summed E-state index contributed by atoms with van der Waals surface area (Å²) in [6, 6.07) is 0.933. The van der Waals surface area contributed by atoms with Crippen LogP contribution in [0.25, 0.3) is 0 Å². The highest BCUT2D eigenvalue weighted by Crippen LogP contribution is 2.32. The van der Waals surface area contributed by atoms with Gasteiger partial charge in [-0.3, -0.25) is 4.90 Å². The summed E-state index contributed by atoms with van der Waals surface area (Å²) in [5, 5.41) is 3.48. The molecule has 1 N–H and O–H groups in total. The van der Waals surface area contributed by atoms with Gasteiger partial charge in [0.1, 0.15) is 0 Å². The zero-order chi connectivity index (χ0) is 12.7. The molecule has 2 saturated heterocycles. The standard InChI is InChI=1S/C12H24N2O2S/c1-4-11-7-13-10(2)8-14(11)12(3)5-6-17(15,16)9-12/h10-11,13H,4-9H2,1-3H3. The van der Waals surface area contributed by atoms with Crippen LogP contribution in [0.1, 0.15) is 33.6 Å². The van der Waals surface area contributed by atoms with Gasteiger partial charge in [-0.1, -0.05) is 6.92 Å². The lowest BCUT2D eigenvalue weighted by molar-refractivity contribution is 0.0359. The van der Waals surface area contributed by atoms with Gasteiger partial charge in [0.25, 0.3) is 0 Å². The van der Waals surface area contributed by atoms with Gasteiger partial charge in [0.05, 0.1) is 11.5 Å². The number of nitrogens with zero attached hydrogens (tertiary/aromatic N) is 1. The zero-order valence-electron chi connectivity index (χ0n) is 11.1. The molecule has 0 spiro atoms. The Labute approximate surface area is 105 Å². The van der Waals surface area contributed by atoms with Crippen molar-refractivity contribution in [2.75, 3.05) is 24.6 Å². The molecule has 0 amide bonds. The maximum absolute atomic E-state index is 11.7. The lowest BCUT2D eigenvalue weighted by Gasteiger charge is -2.48. The second-order valence-corrected chi connectivity index (χ2v) is 8.05. The van der Waals surface area contributed by atoms with Gasteiger partial charge >= 0.3 is 0 Å². The van der Waals surface area contributed by atoms with Gasteiger partial charge in [-0.05, 0) is 26.7 Å². The molecule has 2 rings (SSSR count). The Kier molecular flexibility index (Phi) is 3.54. The molecular formula is C12H24N2O2S. The maximum atomic E-state index is 11.7. The second-order valence-electron chi connectivity index (χ2n) is 5.86. The number of piperazine rings is 1. The van der Waals surface area contributed by atoms with Crippen LogP contribution in [0.15, 0.2) is 0 Å². The molecule has 3 unspecified atom stereocenters. The van der Waals surface area contributed by atoms with Crippen LogP contribution >= 0.6 is 0 Å². The van der Waals surface area contributed by atoms with E-state index in [0.29, 0.717) is 23.6 Å². The molecule has 0 aromatic rings. The third-order valence-electron chi connectivity index (χ3n) is 4.26. The van der Waals surface area contributed by atoms with E-state index in [1.165, 1.54) is 0 Å². The number of sulfone groups is 1. The largest absolute Gasteiger partial charge is 0.311 e. The van der Waals surface area contributed by atoms with Crippen molar-refractivity contribution >= 4 is 9.84 Å². The van der Waals surface area contributed by atoms with Crippen LogP contribution in [0.3, 0.4) is 0 Å². The molecule has 3 atom stereocenters. The van der Waals surface area contributed by atoms with Gasteiger partial charge in [0, 0.05) is 30.7 Å². The molecule has 0 radical (unpaired) electrons. The summed E-state index contributed by atoms with van der Waals surface area (Å²) in [7, 11) is -2.81. The van der Waals surface area contributed by atoms with Crippen LogP contribution in [-0.4, -0.2) is 55.5 Å². The Bertz CT molecular complexity index is 382. The fourth-order valence-electron chi connectivity index (χ4n) is 3.20. The molecule has 5 heteroatoms. The summed E-state index contributed by atoms with van der Waals surface area (Å²) < 4.78 is 23.4. The van der Waals surface area contributed by atoms with Crippen LogP contribution in [-0.2, 0) is 9.84 Å². The minimum Gasteiger partial charge on any atom is -0.311 e. The van der Waals surface area contributed by atoms with Crippen LogP contribution < -0.4 is 5.32 Å². The Morgan fingerprint density at radius 3 is 2.71 bits per heavy atom. The number of hydrogen-bond donors (Lipinski definition) is 1. The lowest BCUT2D eigenvalue weighted by atomic mass is 9.93. The first-order chi connectivity index (χ1) is 7.86. The van der Waals surface area contributed by atoms with Gasteiger partial charge < -0.3 is 5.32 Å². The van der Waals surface area contributed by atoms with Crippen molar-refractivity contribution in [3.05, 3.63) is 0 Å². The number of nitrogens with one attached hydrogen (secondary N) is 1. The van der Waals surface area contributed by atoms with Gasteiger partial charge in [0.15, 0.2) is 9.84 Å². The predicted octanol–water partition coefficient (Wildman–Crippen LogP) is 0.636. The maximum Gasteiger partial charge on any atom is 0.152 e. The van der Waals surface area contributed by atoms with Crippen molar-refractivity contribution in [3.8, 4) is 0 Å². The van der Waals surface area contributed by atoms with E-state index >= 15 is 0 Å². The third kappa shape index (κ3) is 2.66. The van der Waals surface area contributed by atoms with Crippen LogP contribution in [0.4, 0.5) is 0 Å². The lowest BCUT2D eigenvalue weighted by Crippen LogP contribution is -2.63. The molecular weight excluding hydrogens is 236 g/mol. The highest BCUT2D eigenvalue weighted by Gasteiger charge is 2.46. The van der Waals surface area contributed by atoms with E-state index in [9.17, 15) is 8.42 Å². The van der Waals surface area contributed by atoms with E-state index in [2.05, 4.69) is 31.0 Å². The second kappa shape index (κ2) is 4.52. The van der Waals surface area contributed by atoms with Gasteiger partial charge in [-0.15, -0.1) is 0 Å². The fourth-order valence-corrected chi connectivity index (χ4v) is 5.35. The SMILES string of the molecule is CCC1CNC(C)CN1C1(C)CCS(=O)(=O)C1. The summed E-state index contributed by atoms with van der Waals surface area (Å²) in [5.41, 5.74) is -0.143. The van der Waals surface area contributed by atoms with E-state index in [1.54, 1.807) is 0 Å². The minimum absolute atomic E-state index is 0.143. The monoisotopic (exact) mass is 260 g/mol. The van der Waals surface area contributed by atoms with E-state index in [4.69, 9.17) is 0 Å². The van der Waals surface area contributed by atoms with Gasteiger partial charge in [-0.25, -0.2) is 8.42 Å². The van der Waals surface area contributed by atoms with Gasteiger partial charge in [-0.2, -0.15) is 0 Å². The average Bonchev–Trinajstić information content (AvgIpc) is 2.54. The quantitative estimate of drug-likeness (QED) is 0.791. The molecule has 2 fully saturated rings. The van der Waals surface area contributed by atoms with Crippen molar-refractivity contribution in [2.45, 2.75) is 51.2 Å².